The summed E-state index contributed by atoms with van der Waals surface area (Å²) in [6.45, 7) is 0. The van der Waals surface area contributed by atoms with Crippen LogP contribution in [0, 0.1) is 0 Å². The summed E-state index contributed by atoms with van der Waals surface area (Å²) in [5.41, 5.74) is 0.794. The topological polar surface area (TPSA) is 75.4 Å². The molecule has 1 aliphatic rings. The summed E-state index contributed by atoms with van der Waals surface area (Å²) in [7, 11) is 1.77. The van der Waals surface area contributed by atoms with Crippen LogP contribution in [0.4, 0.5) is 0 Å². The first kappa shape index (κ1) is 12.7. The van der Waals surface area contributed by atoms with Crippen molar-refractivity contribution < 1.29 is 14.7 Å². The maximum absolute atomic E-state index is 11.9. The van der Waals surface area contributed by atoms with Crippen molar-refractivity contribution in [2.24, 2.45) is 7.05 Å². The van der Waals surface area contributed by atoms with Crippen molar-refractivity contribution in [1.82, 2.24) is 14.7 Å². The van der Waals surface area contributed by atoms with Gasteiger partial charge in [-0.05, 0) is 12.1 Å². The third-order valence-corrected chi connectivity index (χ3v) is 3.72. The molecule has 1 saturated heterocycles. The van der Waals surface area contributed by atoms with Crippen molar-refractivity contribution in [3.8, 4) is 0 Å². The Labute approximate surface area is 108 Å². The van der Waals surface area contributed by atoms with Crippen molar-refractivity contribution in [3.05, 3.63) is 24.0 Å². The third kappa shape index (κ3) is 2.56. The fraction of sp³-hybridized carbons (Fsp3) is 0.364. The molecule has 0 saturated carbocycles. The Morgan fingerprint density at radius 3 is 3.00 bits per heavy atom. The van der Waals surface area contributed by atoms with E-state index in [9.17, 15) is 9.59 Å². The summed E-state index contributed by atoms with van der Waals surface area (Å²) in [5.74, 6) is -0.373. The van der Waals surface area contributed by atoms with Crippen LogP contribution in [0.25, 0.3) is 6.08 Å². The average Bonchev–Trinajstić information content (AvgIpc) is 2.94. The van der Waals surface area contributed by atoms with E-state index in [4.69, 9.17) is 5.11 Å². The van der Waals surface area contributed by atoms with Crippen molar-refractivity contribution in [2.75, 3.05) is 11.6 Å². The number of carbonyl (C=O) groups is 2. The highest BCUT2D eigenvalue weighted by Crippen LogP contribution is 2.21. The number of hydrogen-bond donors (Lipinski definition) is 1. The number of aryl methyl sites for hydroxylation is 1. The van der Waals surface area contributed by atoms with Crippen LogP contribution in [0.1, 0.15) is 5.69 Å². The zero-order valence-corrected chi connectivity index (χ0v) is 10.6. The number of aliphatic carboxylic acids is 1. The predicted octanol–water partition coefficient (Wildman–Crippen LogP) is 0.419. The number of hydrogen-bond acceptors (Lipinski definition) is 4. The van der Waals surface area contributed by atoms with E-state index in [1.165, 1.54) is 22.7 Å². The van der Waals surface area contributed by atoms with Gasteiger partial charge in [-0.1, -0.05) is 0 Å². The number of aromatic nitrogens is 2. The van der Waals surface area contributed by atoms with Gasteiger partial charge in [0, 0.05) is 25.1 Å². The number of thioether (sulfide) groups is 1. The van der Waals surface area contributed by atoms with E-state index < -0.39 is 12.0 Å². The van der Waals surface area contributed by atoms with Crippen LogP contribution in [0.15, 0.2) is 18.3 Å². The first-order valence-electron chi connectivity index (χ1n) is 5.37. The normalized spacial score (nSPS) is 19.6. The third-order valence-electron chi connectivity index (χ3n) is 2.71. The van der Waals surface area contributed by atoms with Crippen LogP contribution in [-0.2, 0) is 16.6 Å². The van der Waals surface area contributed by atoms with E-state index in [0.717, 1.165) is 5.69 Å². The highest BCUT2D eigenvalue weighted by Gasteiger charge is 2.33. The van der Waals surface area contributed by atoms with Crippen molar-refractivity contribution in [3.63, 3.8) is 0 Å². The Morgan fingerprint density at radius 1 is 1.61 bits per heavy atom. The van der Waals surface area contributed by atoms with Gasteiger partial charge in [-0.25, -0.2) is 4.79 Å². The SMILES string of the molecule is Cn1nccc1/C=C/C(=O)N1CSC[C@H]1C(=O)O. The van der Waals surface area contributed by atoms with Gasteiger partial charge in [0.2, 0.25) is 5.91 Å². The van der Waals surface area contributed by atoms with Crippen LogP contribution in [0.2, 0.25) is 0 Å². The highest BCUT2D eigenvalue weighted by molar-refractivity contribution is 7.99. The summed E-state index contributed by atoms with van der Waals surface area (Å²) in [6.07, 6.45) is 4.66. The molecule has 96 valence electrons. The fourth-order valence-electron chi connectivity index (χ4n) is 1.66. The molecule has 0 aliphatic carbocycles. The zero-order valence-electron chi connectivity index (χ0n) is 9.81. The molecular weight excluding hydrogens is 254 g/mol. The zero-order chi connectivity index (χ0) is 13.1. The molecule has 6 nitrogen and oxygen atoms in total. The molecule has 1 atom stereocenters. The van der Waals surface area contributed by atoms with Crippen molar-refractivity contribution in [1.29, 1.82) is 0 Å². The molecule has 1 aromatic heterocycles. The minimum Gasteiger partial charge on any atom is -0.480 e. The van der Waals surface area contributed by atoms with Crippen LogP contribution < -0.4 is 0 Å². The van der Waals surface area contributed by atoms with E-state index in [-0.39, 0.29) is 5.91 Å². The Bertz CT molecular complexity index is 497. The monoisotopic (exact) mass is 267 g/mol. The maximum atomic E-state index is 11.9. The Hall–Kier alpha value is -1.76. The van der Waals surface area contributed by atoms with Gasteiger partial charge in [0.1, 0.15) is 6.04 Å². The molecule has 0 bridgehead atoms. The predicted molar refractivity (Wildman–Crippen MR) is 67.8 cm³/mol. The van der Waals surface area contributed by atoms with Crippen LogP contribution in [0.5, 0.6) is 0 Å². The summed E-state index contributed by atoms with van der Waals surface area (Å²) < 4.78 is 1.64. The largest absolute Gasteiger partial charge is 0.480 e. The molecule has 0 unspecified atom stereocenters. The van der Waals surface area contributed by atoms with Gasteiger partial charge >= 0.3 is 5.97 Å². The van der Waals surface area contributed by atoms with Gasteiger partial charge < -0.3 is 10.0 Å². The summed E-state index contributed by atoms with van der Waals surface area (Å²) in [6, 6.07) is 1.05. The van der Waals surface area contributed by atoms with Crippen molar-refractivity contribution >= 4 is 29.7 Å². The lowest BCUT2D eigenvalue weighted by Crippen LogP contribution is -2.40. The minimum absolute atomic E-state index is 0.284. The standard InChI is InChI=1S/C11H13N3O3S/c1-13-8(4-5-12-13)2-3-10(15)14-7-18-6-9(14)11(16)17/h2-5,9H,6-7H2,1H3,(H,16,17)/b3-2+/t9-/m0/s1. The first-order valence-corrected chi connectivity index (χ1v) is 6.52. The molecule has 1 fully saturated rings. The number of carbonyl (C=O) groups excluding carboxylic acids is 1. The summed E-state index contributed by atoms with van der Waals surface area (Å²) in [4.78, 5) is 24.2. The van der Waals surface area contributed by atoms with E-state index >= 15 is 0 Å². The minimum atomic E-state index is -0.956. The van der Waals surface area contributed by atoms with Crippen LogP contribution in [-0.4, -0.2) is 49.3 Å². The number of amides is 1. The second kappa shape index (κ2) is 5.26. The van der Waals surface area contributed by atoms with Crippen LogP contribution >= 0.6 is 11.8 Å². The molecule has 0 radical (unpaired) electrons. The van der Waals surface area contributed by atoms with E-state index in [1.54, 1.807) is 30.1 Å². The lowest BCUT2D eigenvalue weighted by molar-refractivity contribution is -0.146. The quantitative estimate of drug-likeness (QED) is 0.803. The van der Waals surface area contributed by atoms with Gasteiger partial charge in [0.15, 0.2) is 0 Å². The Kier molecular flexibility index (Phi) is 3.71. The highest BCUT2D eigenvalue weighted by atomic mass is 32.2. The molecule has 0 aromatic carbocycles. The molecule has 1 N–H and O–H groups in total. The number of carboxylic acid groups (broad SMARTS) is 1. The van der Waals surface area contributed by atoms with Gasteiger partial charge in [0.05, 0.1) is 11.6 Å². The van der Waals surface area contributed by atoms with E-state index in [1.807, 2.05) is 0 Å². The Morgan fingerprint density at radius 2 is 2.39 bits per heavy atom. The molecule has 2 heterocycles. The molecule has 7 heteroatoms. The molecule has 1 amide bonds. The average molecular weight is 267 g/mol. The fourth-order valence-corrected chi connectivity index (χ4v) is 2.82. The molecular formula is C11H13N3O3S. The smallest absolute Gasteiger partial charge is 0.327 e. The van der Waals surface area contributed by atoms with Gasteiger partial charge in [-0.3, -0.25) is 9.48 Å². The van der Waals surface area contributed by atoms with Crippen LogP contribution in [0.3, 0.4) is 0 Å². The molecule has 1 aromatic rings. The molecule has 0 spiro atoms. The second-order valence-electron chi connectivity index (χ2n) is 3.87. The number of nitrogens with zero attached hydrogens (tertiary/aromatic N) is 3. The van der Waals surface area contributed by atoms with E-state index in [2.05, 4.69) is 5.10 Å². The summed E-state index contributed by atoms with van der Waals surface area (Å²) in [5, 5.41) is 13.0. The molecule has 18 heavy (non-hydrogen) atoms. The summed E-state index contributed by atoms with van der Waals surface area (Å²) >= 11 is 1.45. The molecule has 2 rings (SSSR count). The Balaban J connectivity index is 2.06. The number of rotatable bonds is 3. The molecule has 1 aliphatic heterocycles. The maximum Gasteiger partial charge on any atom is 0.327 e. The van der Waals surface area contributed by atoms with Gasteiger partial charge in [-0.15, -0.1) is 11.8 Å². The second-order valence-corrected chi connectivity index (χ2v) is 4.87. The van der Waals surface area contributed by atoms with Gasteiger partial charge in [0.25, 0.3) is 0 Å². The van der Waals surface area contributed by atoms with Crippen molar-refractivity contribution in [2.45, 2.75) is 6.04 Å². The van der Waals surface area contributed by atoms with E-state index in [0.29, 0.717) is 11.6 Å². The lowest BCUT2D eigenvalue weighted by atomic mass is 10.3. The van der Waals surface area contributed by atoms with Gasteiger partial charge in [-0.2, -0.15) is 5.10 Å². The number of carboxylic acids is 1. The lowest BCUT2D eigenvalue weighted by Gasteiger charge is -2.18. The first-order chi connectivity index (χ1) is 8.59.